The molecule has 1 fully saturated rings. The highest BCUT2D eigenvalue weighted by Gasteiger charge is 2.49. The molecule has 1 aliphatic rings. The van der Waals surface area contributed by atoms with Gasteiger partial charge >= 0.3 is 0 Å². The molecule has 0 unspecified atom stereocenters. The molecule has 0 aliphatic carbocycles. The van der Waals surface area contributed by atoms with E-state index in [4.69, 9.17) is 0 Å². The second-order valence-electron chi connectivity index (χ2n) is 9.53. The van der Waals surface area contributed by atoms with Gasteiger partial charge in [-0.25, -0.2) is 0 Å². The average molecular weight is 497 g/mol. The lowest BCUT2D eigenvalue weighted by Gasteiger charge is -2.44. The van der Waals surface area contributed by atoms with Crippen LogP contribution in [0.5, 0.6) is 0 Å². The lowest BCUT2D eigenvalue weighted by molar-refractivity contribution is -0.147. The van der Waals surface area contributed by atoms with E-state index >= 15 is 0 Å². The SMILES string of the molecule is CCc1cccc(-c2ccc(C(=O)N3C(=O)[C@H](Cc4cccc(C#N)c4)[C@H]3/C=C/c3ccccc3)cc2)c1. The van der Waals surface area contributed by atoms with Crippen molar-refractivity contribution in [2.45, 2.75) is 25.8 Å². The number of amides is 2. The molecule has 4 aromatic carbocycles. The molecule has 1 saturated heterocycles. The van der Waals surface area contributed by atoms with Gasteiger partial charge in [0.2, 0.25) is 5.91 Å². The van der Waals surface area contributed by atoms with E-state index in [1.165, 1.54) is 10.5 Å². The van der Waals surface area contributed by atoms with Crippen LogP contribution in [0.1, 0.15) is 39.5 Å². The summed E-state index contributed by atoms with van der Waals surface area (Å²) in [5, 5.41) is 9.26. The number of aryl methyl sites for hydroxylation is 1. The Bertz CT molecular complexity index is 1530. The predicted molar refractivity (Wildman–Crippen MR) is 150 cm³/mol. The summed E-state index contributed by atoms with van der Waals surface area (Å²) in [7, 11) is 0. The number of hydrogen-bond acceptors (Lipinski definition) is 3. The van der Waals surface area contributed by atoms with E-state index in [0.717, 1.165) is 28.7 Å². The molecule has 0 bridgehead atoms. The number of β-lactam (4-membered cyclic amide) rings is 1. The minimum absolute atomic E-state index is 0.195. The minimum Gasteiger partial charge on any atom is -0.274 e. The Hall–Kier alpha value is -4.75. The predicted octanol–water partition coefficient (Wildman–Crippen LogP) is 6.71. The first-order chi connectivity index (χ1) is 18.6. The number of rotatable bonds is 7. The summed E-state index contributed by atoms with van der Waals surface area (Å²) < 4.78 is 0. The Balaban J connectivity index is 1.40. The van der Waals surface area contributed by atoms with Crippen molar-refractivity contribution in [3.8, 4) is 17.2 Å². The lowest BCUT2D eigenvalue weighted by Crippen LogP contribution is -2.62. The molecular formula is C34H28N2O2. The highest BCUT2D eigenvalue weighted by molar-refractivity contribution is 6.10. The van der Waals surface area contributed by atoms with Crippen LogP contribution in [0.4, 0.5) is 0 Å². The Morgan fingerprint density at radius 1 is 0.868 bits per heavy atom. The Labute approximate surface area is 223 Å². The minimum atomic E-state index is -0.373. The van der Waals surface area contributed by atoms with Crippen LogP contribution in [0.3, 0.4) is 0 Å². The molecule has 0 spiro atoms. The van der Waals surface area contributed by atoms with E-state index in [2.05, 4.69) is 31.2 Å². The van der Waals surface area contributed by atoms with E-state index in [9.17, 15) is 14.9 Å². The van der Waals surface area contributed by atoms with Gasteiger partial charge in [0.15, 0.2) is 0 Å². The van der Waals surface area contributed by atoms with Gasteiger partial charge in [-0.1, -0.05) is 97.9 Å². The highest BCUT2D eigenvalue weighted by atomic mass is 16.2. The number of nitriles is 1. The third kappa shape index (κ3) is 5.19. The maximum absolute atomic E-state index is 13.5. The molecule has 4 heteroatoms. The van der Waals surface area contributed by atoms with Crippen molar-refractivity contribution in [2.24, 2.45) is 5.92 Å². The monoisotopic (exact) mass is 496 g/mol. The molecule has 38 heavy (non-hydrogen) atoms. The maximum atomic E-state index is 13.5. The third-order valence-electron chi connectivity index (χ3n) is 7.08. The van der Waals surface area contributed by atoms with Gasteiger partial charge in [-0.15, -0.1) is 0 Å². The van der Waals surface area contributed by atoms with Gasteiger partial charge < -0.3 is 0 Å². The maximum Gasteiger partial charge on any atom is 0.261 e. The average Bonchev–Trinajstić information content (AvgIpc) is 2.98. The standard InChI is InChI=1S/C34H28N2O2/c1-2-24-10-7-13-30(21-24)28-15-17-29(18-16-28)33(37)36-32(19-14-25-8-4-3-5-9-25)31(34(36)38)22-26-11-6-12-27(20-26)23-35/h3-21,31-32H,2,22H2,1H3/b19-14+/t31-,32-/m1/s1. The second-order valence-corrected chi connectivity index (χ2v) is 9.53. The van der Waals surface area contributed by atoms with Gasteiger partial charge in [0.25, 0.3) is 5.91 Å². The quantitative estimate of drug-likeness (QED) is 0.211. The van der Waals surface area contributed by atoms with Gasteiger partial charge in [-0.3, -0.25) is 14.5 Å². The molecule has 0 aromatic heterocycles. The van der Waals surface area contributed by atoms with Crippen LogP contribution in [0.2, 0.25) is 0 Å². The number of carbonyl (C=O) groups is 2. The molecule has 0 radical (unpaired) electrons. The van der Waals surface area contributed by atoms with Crippen molar-refractivity contribution in [2.75, 3.05) is 0 Å². The summed E-state index contributed by atoms with van der Waals surface area (Å²) in [5.74, 6) is -0.864. The summed E-state index contributed by atoms with van der Waals surface area (Å²) in [5.41, 5.74) is 6.34. The lowest BCUT2D eigenvalue weighted by atomic mass is 9.81. The first-order valence-corrected chi connectivity index (χ1v) is 12.9. The van der Waals surface area contributed by atoms with Crippen molar-refractivity contribution < 1.29 is 9.59 Å². The molecule has 1 aliphatic heterocycles. The summed E-state index contributed by atoms with van der Waals surface area (Å²) in [4.78, 5) is 28.2. The van der Waals surface area contributed by atoms with E-state index in [-0.39, 0.29) is 23.8 Å². The smallest absolute Gasteiger partial charge is 0.261 e. The van der Waals surface area contributed by atoms with Gasteiger partial charge in [-0.2, -0.15) is 5.26 Å². The van der Waals surface area contributed by atoms with Crippen LogP contribution in [-0.4, -0.2) is 22.8 Å². The van der Waals surface area contributed by atoms with E-state index in [1.807, 2.05) is 78.9 Å². The molecule has 0 saturated carbocycles. The van der Waals surface area contributed by atoms with Crippen LogP contribution in [-0.2, 0) is 17.6 Å². The van der Waals surface area contributed by atoms with Crippen LogP contribution in [0.25, 0.3) is 17.2 Å². The molecule has 4 aromatic rings. The number of likely N-dealkylation sites (tertiary alicyclic amines) is 1. The van der Waals surface area contributed by atoms with E-state index < -0.39 is 0 Å². The van der Waals surface area contributed by atoms with Crippen molar-refractivity contribution in [1.82, 2.24) is 4.90 Å². The fraction of sp³-hybridized carbons (Fsp3) is 0.147. The van der Waals surface area contributed by atoms with Crippen molar-refractivity contribution >= 4 is 17.9 Å². The van der Waals surface area contributed by atoms with Crippen LogP contribution < -0.4 is 0 Å². The second kappa shape index (κ2) is 11.1. The van der Waals surface area contributed by atoms with E-state index in [1.54, 1.807) is 18.2 Å². The van der Waals surface area contributed by atoms with Crippen molar-refractivity contribution in [3.63, 3.8) is 0 Å². The molecule has 0 N–H and O–H groups in total. The topological polar surface area (TPSA) is 61.2 Å². The summed E-state index contributed by atoms with van der Waals surface area (Å²) in [6.07, 6.45) is 5.33. The number of benzene rings is 4. The van der Waals surface area contributed by atoms with Crippen molar-refractivity contribution in [1.29, 1.82) is 5.26 Å². The van der Waals surface area contributed by atoms with Gasteiger partial charge in [-0.05, 0) is 64.9 Å². The number of nitrogens with zero attached hydrogens (tertiary/aromatic N) is 2. The summed E-state index contributed by atoms with van der Waals surface area (Å²) in [6, 6.07) is 34.8. The van der Waals surface area contributed by atoms with Crippen LogP contribution in [0.15, 0.2) is 109 Å². The third-order valence-corrected chi connectivity index (χ3v) is 7.08. The molecule has 2 amide bonds. The number of imide groups is 1. The van der Waals surface area contributed by atoms with Crippen LogP contribution in [0, 0.1) is 17.2 Å². The largest absolute Gasteiger partial charge is 0.274 e. The summed E-state index contributed by atoms with van der Waals surface area (Å²) in [6.45, 7) is 2.13. The Morgan fingerprint density at radius 3 is 2.34 bits per heavy atom. The highest BCUT2D eigenvalue weighted by Crippen LogP contribution is 2.34. The van der Waals surface area contributed by atoms with Crippen molar-refractivity contribution in [3.05, 3.63) is 137 Å². The molecular weight excluding hydrogens is 468 g/mol. The number of carbonyl (C=O) groups excluding carboxylic acids is 2. The normalized spacial score (nSPS) is 16.7. The van der Waals surface area contributed by atoms with Gasteiger partial charge in [0.1, 0.15) is 0 Å². The Kier molecular flexibility index (Phi) is 7.28. The molecule has 2 atom stereocenters. The first-order valence-electron chi connectivity index (χ1n) is 12.9. The number of hydrogen-bond donors (Lipinski definition) is 0. The molecule has 186 valence electrons. The van der Waals surface area contributed by atoms with Crippen LogP contribution >= 0.6 is 0 Å². The molecule has 4 nitrogen and oxygen atoms in total. The zero-order valence-corrected chi connectivity index (χ0v) is 21.2. The summed E-state index contributed by atoms with van der Waals surface area (Å²) >= 11 is 0. The fourth-order valence-electron chi connectivity index (χ4n) is 4.94. The zero-order valence-electron chi connectivity index (χ0n) is 21.2. The first kappa shape index (κ1) is 24.9. The Morgan fingerprint density at radius 2 is 1.61 bits per heavy atom. The fourth-order valence-corrected chi connectivity index (χ4v) is 4.94. The van der Waals surface area contributed by atoms with Gasteiger partial charge in [0, 0.05) is 5.56 Å². The van der Waals surface area contributed by atoms with Gasteiger partial charge in [0.05, 0.1) is 23.6 Å². The molecule has 1 heterocycles. The van der Waals surface area contributed by atoms with E-state index in [0.29, 0.717) is 17.5 Å². The zero-order chi connectivity index (χ0) is 26.5. The molecule has 5 rings (SSSR count).